The van der Waals surface area contributed by atoms with Gasteiger partial charge in [0, 0.05) is 28.0 Å². The highest BCUT2D eigenvalue weighted by Crippen LogP contribution is 2.28. The molecule has 29 heavy (non-hydrogen) atoms. The molecule has 6 nitrogen and oxygen atoms in total. The molecule has 0 aliphatic carbocycles. The standard InChI is InChI=1S/C21H20Br2N2O4/c1-2-28-21(27)18(9-13-11-24-17-6-4-3-5-15(13)17)25-20(26)12-29-19-8-7-14(22)10-16(19)23/h3-8,10-11,18,24H,2,9,12H2,1H3,(H,25,26)/t18-/m0/s1. The number of benzene rings is 2. The minimum atomic E-state index is -0.807. The van der Waals surface area contributed by atoms with Gasteiger partial charge in [0.2, 0.25) is 0 Å². The Morgan fingerprint density at radius 1 is 1.17 bits per heavy atom. The first kappa shape index (κ1) is 21.4. The molecule has 0 saturated carbocycles. The summed E-state index contributed by atoms with van der Waals surface area (Å²) in [6.45, 7) is 1.75. The molecule has 0 bridgehead atoms. The van der Waals surface area contributed by atoms with Crippen LogP contribution in [0, 0.1) is 0 Å². The average Bonchev–Trinajstić information content (AvgIpc) is 3.10. The largest absolute Gasteiger partial charge is 0.483 e. The lowest BCUT2D eigenvalue weighted by atomic mass is 10.0. The van der Waals surface area contributed by atoms with Crippen molar-refractivity contribution in [2.24, 2.45) is 0 Å². The minimum absolute atomic E-state index is 0.218. The summed E-state index contributed by atoms with van der Waals surface area (Å²) in [5, 5.41) is 3.73. The maximum absolute atomic E-state index is 12.4. The number of esters is 1. The first-order chi connectivity index (χ1) is 14.0. The number of halogens is 2. The molecule has 0 radical (unpaired) electrons. The van der Waals surface area contributed by atoms with E-state index in [0.29, 0.717) is 12.2 Å². The zero-order valence-corrected chi connectivity index (χ0v) is 18.9. The third kappa shape index (κ3) is 5.61. The molecule has 0 aliphatic rings. The first-order valence-corrected chi connectivity index (χ1v) is 10.7. The second-order valence-corrected chi connectivity index (χ2v) is 8.07. The van der Waals surface area contributed by atoms with E-state index in [9.17, 15) is 9.59 Å². The number of aromatic amines is 1. The third-order valence-corrected chi connectivity index (χ3v) is 5.37. The molecule has 152 valence electrons. The van der Waals surface area contributed by atoms with Gasteiger partial charge in [-0.3, -0.25) is 4.79 Å². The highest BCUT2D eigenvalue weighted by Gasteiger charge is 2.24. The summed E-state index contributed by atoms with van der Waals surface area (Å²) in [6, 6.07) is 12.4. The molecule has 1 heterocycles. The maximum atomic E-state index is 12.4. The van der Waals surface area contributed by atoms with E-state index in [1.807, 2.05) is 42.6 Å². The molecule has 2 N–H and O–H groups in total. The van der Waals surface area contributed by atoms with Crippen molar-refractivity contribution in [3.8, 4) is 5.75 Å². The molecule has 1 atom stereocenters. The van der Waals surface area contributed by atoms with Crippen molar-refractivity contribution in [1.82, 2.24) is 10.3 Å². The summed E-state index contributed by atoms with van der Waals surface area (Å²) in [5.41, 5.74) is 1.90. The van der Waals surface area contributed by atoms with Gasteiger partial charge in [0.25, 0.3) is 5.91 Å². The van der Waals surface area contributed by atoms with E-state index in [1.54, 1.807) is 13.0 Å². The van der Waals surface area contributed by atoms with Crippen LogP contribution in [0.15, 0.2) is 57.6 Å². The van der Waals surface area contributed by atoms with Crippen LogP contribution in [0.25, 0.3) is 10.9 Å². The van der Waals surface area contributed by atoms with Crippen LogP contribution in [-0.2, 0) is 20.7 Å². The Kier molecular flexibility index (Phi) is 7.33. The predicted octanol–water partition coefficient (Wildman–Crippen LogP) is 4.36. The molecule has 0 aliphatic heterocycles. The van der Waals surface area contributed by atoms with E-state index in [0.717, 1.165) is 25.4 Å². The Hall–Kier alpha value is -2.32. The van der Waals surface area contributed by atoms with E-state index in [1.165, 1.54) is 0 Å². The summed E-state index contributed by atoms with van der Waals surface area (Å²) in [5.74, 6) is -0.346. The van der Waals surface area contributed by atoms with E-state index >= 15 is 0 Å². The summed E-state index contributed by atoms with van der Waals surface area (Å²) in [6.07, 6.45) is 2.16. The van der Waals surface area contributed by atoms with Crippen molar-refractivity contribution in [2.75, 3.05) is 13.2 Å². The van der Waals surface area contributed by atoms with Gasteiger partial charge in [-0.1, -0.05) is 34.1 Å². The molecular formula is C21H20Br2N2O4. The van der Waals surface area contributed by atoms with E-state index in [2.05, 4.69) is 42.2 Å². The molecule has 3 rings (SSSR count). The number of hydrogen-bond acceptors (Lipinski definition) is 4. The van der Waals surface area contributed by atoms with Crippen molar-refractivity contribution < 1.29 is 19.1 Å². The SMILES string of the molecule is CCOC(=O)[C@H](Cc1c[nH]c2ccccc12)NC(=O)COc1ccc(Br)cc1Br. The highest BCUT2D eigenvalue weighted by atomic mass is 79.9. The molecule has 8 heteroatoms. The second kappa shape index (κ2) is 9.93. The summed E-state index contributed by atoms with van der Waals surface area (Å²) in [7, 11) is 0. The lowest BCUT2D eigenvalue weighted by Crippen LogP contribution is -2.45. The minimum Gasteiger partial charge on any atom is -0.483 e. The summed E-state index contributed by atoms with van der Waals surface area (Å²) >= 11 is 6.76. The number of rotatable bonds is 8. The lowest BCUT2D eigenvalue weighted by molar-refractivity contribution is -0.147. The van der Waals surface area contributed by atoms with Crippen LogP contribution in [0.1, 0.15) is 12.5 Å². The van der Waals surface area contributed by atoms with Crippen LogP contribution < -0.4 is 10.1 Å². The van der Waals surface area contributed by atoms with E-state index < -0.39 is 17.9 Å². The number of carbonyl (C=O) groups is 2. The second-order valence-electron chi connectivity index (χ2n) is 6.30. The number of fused-ring (bicyclic) bond motifs is 1. The Bertz CT molecular complexity index is 1020. The van der Waals surface area contributed by atoms with Crippen LogP contribution in [0.2, 0.25) is 0 Å². The predicted molar refractivity (Wildman–Crippen MR) is 118 cm³/mol. The fraction of sp³-hybridized carbons (Fsp3) is 0.238. The smallest absolute Gasteiger partial charge is 0.328 e. The van der Waals surface area contributed by atoms with E-state index in [4.69, 9.17) is 9.47 Å². The molecule has 2 aromatic carbocycles. The van der Waals surface area contributed by atoms with Crippen LogP contribution in [0.3, 0.4) is 0 Å². The summed E-state index contributed by atoms with van der Waals surface area (Å²) in [4.78, 5) is 28.0. The highest BCUT2D eigenvalue weighted by molar-refractivity contribution is 9.11. The number of ether oxygens (including phenoxy) is 2. The third-order valence-electron chi connectivity index (χ3n) is 4.26. The Labute approximate surface area is 185 Å². The van der Waals surface area contributed by atoms with Crippen molar-refractivity contribution in [3.63, 3.8) is 0 Å². The van der Waals surface area contributed by atoms with Gasteiger partial charge in [-0.05, 0) is 52.7 Å². The van der Waals surface area contributed by atoms with Gasteiger partial charge in [-0.25, -0.2) is 4.79 Å². The van der Waals surface area contributed by atoms with Gasteiger partial charge >= 0.3 is 5.97 Å². The zero-order chi connectivity index (χ0) is 20.8. The van der Waals surface area contributed by atoms with Crippen LogP contribution >= 0.6 is 31.9 Å². The van der Waals surface area contributed by atoms with Crippen molar-refractivity contribution in [1.29, 1.82) is 0 Å². The number of nitrogens with one attached hydrogen (secondary N) is 2. The normalized spacial score (nSPS) is 11.8. The number of amides is 1. The van der Waals surface area contributed by atoms with Gasteiger partial charge in [0.05, 0.1) is 11.1 Å². The van der Waals surface area contributed by atoms with Crippen LogP contribution in [-0.4, -0.2) is 36.1 Å². The topological polar surface area (TPSA) is 80.4 Å². The number of hydrogen-bond donors (Lipinski definition) is 2. The Morgan fingerprint density at radius 2 is 1.97 bits per heavy atom. The molecule has 3 aromatic rings. The quantitative estimate of drug-likeness (QED) is 0.430. The van der Waals surface area contributed by atoms with Crippen LogP contribution in [0.4, 0.5) is 0 Å². The monoisotopic (exact) mass is 522 g/mol. The van der Waals surface area contributed by atoms with Gasteiger partial charge in [-0.15, -0.1) is 0 Å². The molecule has 0 spiro atoms. The molecule has 0 saturated heterocycles. The number of para-hydroxylation sites is 1. The fourth-order valence-corrected chi connectivity index (χ4v) is 4.09. The molecule has 0 unspecified atom stereocenters. The van der Waals surface area contributed by atoms with Crippen LogP contribution in [0.5, 0.6) is 5.75 Å². The van der Waals surface area contributed by atoms with Crippen molar-refractivity contribution >= 4 is 54.6 Å². The first-order valence-electron chi connectivity index (χ1n) is 9.06. The molecular weight excluding hydrogens is 504 g/mol. The van der Waals surface area contributed by atoms with Gasteiger partial charge in [0.15, 0.2) is 6.61 Å². The van der Waals surface area contributed by atoms with Gasteiger partial charge in [-0.2, -0.15) is 0 Å². The maximum Gasteiger partial charge on any atom is 0.328 e. The van der Waals surface area contributed by atoms with Crippen molar-refractivity contribution in [2.45, 2.75) is 19.4 Å². The van der Waals surface area contributed by atoms with Gasteiger partial charge < -0.3 is 19.8 Å². The average molecular weight is 524 g/mol. The molecule has 1 amide bonds. The number of aromatic nitrogens is 1. The fourth-order valence-electron chi connectivity index (χ4n) is 2.93. The van der Waals surface area contributed by atoms with Crippen molar-refractivity contribution in [3.05, 3.63) is 63.2 Å². The number of carbonyl (C=O) groups excluding carboxylic acids is 2. The lowest BCUT2D eigenvalue weighted by Gasteiger charge is -2.17. The molecule has 0 fully saturated rings. The van der Waals surface area contributed by atoms with E-state index in [-0.39, 0.29) is 13.2 Å². The molecule has 1 aromatic heterocycles. The Balaban J connectivity index is 1.68. The Morgan fingerprint density at radius 3 is 2.72 bits per heavy atom. The number of H-pyrrole nitrogens is 1. The zero-order valence-electron chi connectivity index (χ0n) is 15.7. The summed E-state index contributed by atoms with van der Waals surface area (Å²) < 4.78 is 12.3. The van der Waals surface area contributed by atoms with Gasteiger partial charge in [0.1, 0.15) is 11.8 Å².